The van der Waals surface area contributed by atoms with Gasteiger partial charge in [0.2, 0.25) is 0 Å². The SMILES string of the molecule is O=C1c2cc3c(cc2C(=O)c2c(O)ccc(O)c21)C1c2ccccc2C3c2ccccc21. The molecule has 4 aliphatic rings. The summed E-state index contributed by atoms with van der Waals surface area (Å²) in [7, 11) is 0. The minimum atomic E-state index is -0.436. The third-order valence-electron chi connectivity index (χ3n) is 7.19. The fourth-order valence-corrected chi connectivity index (χ4v) is 5.90. The molecule has 152 valence electrons. The first-order chi connectivity index (χ1) is 15.6. The minimum Gasteiger partial charge on any atom is -0.507 e. The second-order valence-electron chi connectivity index (χ2n) is 8.66. The Labute approximate surface area is 183 Å². The molecule has 0 saturated heterocycles. The number of carbonyl (C=O) groups excluding carboxylic acids is 2. The molecule has 0 unspecified atom stereocenters. The molecule has 4 nitrogen and oxygen atoms in total. The number of phenolic OH excluding ortho intramolecular Hbond substituents is 2. The molecule has 4 aromatic rings. The lowest BCUT2D eigenvalue weighted by atomic mass is 9.60. The molecular formula is C28H16O4. The van der Waals surface area contributed by atoms with Gasteiger partial charge in [-0.3, -0.25) is 9.59 Å². The third kappa shape index (κ3) is 1.93. The van der Waals surface area contributed by atoms with Crippen LogP contribution in [-0.4, -0.2) is 21.8 Å². The Morgan fingerprint density at radius 2 is 0.844 bits per heavy atom. The molecule has 0 heterocycles. The maximum absolute atomic E-state index is 13.4. The Morgan fingerprint density at radius 1 is 0.500 bits per heavy atom. The van der Waals surface area contributed by atoms with Crippen molar-refractivity contribution in [2.75, 3.05) is 0 Å². The zero-order valence-electron chi connectivity index (χ0n) is 16.8. The van der Waals surface area contributed by atoms with Crippen LogP contribution in [0.4, 0.5) is 0 Å². The van der Waals surface area contributed by atoms with E-state index < -0.39 is 11.6 Å². The van der Waals surface area contributed by atoms with E-state index in [4.69, 9.17) is 0 Å². The van der Waals surface area contributed by atoms with E-state index in [0.29, 0.717) is 0 Å². The van der Waals surface area contributed by atoms with E-state index in [0.717, 1.165) is 11.1 Å². The van der Waals surface area contributed by atoms with Crippen molar-refractivity contribution in [3.8, 4) is 11.5 Å². The first kappa shape index (κ1) is 17.5. The average Bonchev–Trinajstić information content (AvgIpc) is 2.82. The van der Waals surface area contributed by atoms with E-state index in [-0.39, 0.29) is 45.6 Å². The van der Waals surface area contributed by atoms with Crippen LogP contribution in [0.25, 0.3) is 0 Å². The standard InChI is InChI=1S/C28H16O4/c29-21-9-10-22(30)26-25(21)27(31)19-11-17-18(12-20(19)28(26)32)24-14-6-2-1-5-13(14)23(17)15-7-3-4-8-16(15)24/h1-12,23-24,29-30H. The summed E-state index contributed by atoms with van der Waals surface area (Å²) >= 11 is 0. The number of hydrogen-bond donors (Lipinski definition) is 2. The average molecular weight is 416 g/mol. The number of rotatable bonds is 0. The molecule has 2 bridgehead atoms. The molecule has 0 fully saturated rings. The second-order valence-corrected chi connectivity index (χ2v) is 8.66. The van der Waals surface area contributed by atoms with Crippen molar-refractivity contribution >= 4 is 11.6 Å². The Bertz CT molecular complexity index is 1380. The van der Waals surface area contributed by atoms with Gasteiger partial charge < -0.3 is 10.2 Å². The van der Waals surface area contributed by atoms with Gasteiger partial charge in [0.1, 0.15) is 11.5 Å². The molecule has 0 radical (unpaired) electrons. The van der Waals surface area contributed by atoms with Gasteiger partial charge in [0.25, 0.3) is 0 Å². The maximum atomic E-state index is 13.4. The molecule has 8 rings (SSSR count). The highest BCUT2D eigenvalue weighted by Gasteiger charge is 2.43. The van der Waals surface area contributed by atoms with Gasteiger partial charge in [-0.05, 0) is 57.6 Å². The Kier molecular flexibility index (Phi) is 3.14. The van der Waals surface area contributed by atoms with Crippen LogP contribution >= 0.6 is 0 Å². The highest BCUT2D eigenvalue weighted by atomic mass is 16.3. The van der Waals surface area contributed by atoms with Gasteiger partial charge in [-0.15, -0.1) is 0 Å². The van der Waals surface area contributed by atoms with Crippen LogP contribution < -0.4 is 0 Å². The second kappa shape index (κ2) is 5.74. The first-order valence-corrected chi connectivity index (χ1v) is 10.6. The highest BCUT2D eigenvalue weighted by Crippen LogP contribution is 2.56. The van der Waals surface area contributed by atoms with Gasteiger partial charge in [-0.1, -0.05) is 48.5 Å². The first-order valence-electron chi connectivity index (χ1n) is 10.6. The van der Waals surface area contributed by atoms with Gasteiger partial charge in [0.15, 0.2) is 11.6 Å². The topological polar surface area (TPSA) is 74.6 Å². The van der Waals surface area contributed by atoms with Crippen molar-refractivity contribution in [1.29, 1.82) is 0 Å². The van der Waals surface area contributed by atoms with Crippen molar-refractivity contribution in [3.05, 3.63) is 128 Å². The van der Waals surface area contributed by atoms with E-state index in [2.05, 4.69) is 24.3 Å². The molecule has 0 amide bonds. The summed E-state index contributed by atoms with van der Waals surface area (Å²) in [6.45, 7) is 0. The van der Waals surface area contributed by atoms with Crippen molar-refractivity contribution in [2.45, 2.75) is 11.8 Å². The zero-order valence-corrected chi connectivity index (χ0v) is 16.8. The highest BCUT2D eigenvalue weighted by molar-refractivity contribution is 6.30. The smallest absolute Gasteiger partial charge is 0.198 e. The molecule has 0 spiro atoms. The Morgan fingerprint density at radius 3 is 1.19 bits per heavy atom. The predicted molar refractivity (Wildman–Crippen MR) is 118 cm³/mol. The number of carbonyl (C=O) groups is 2. The molecule has 0 aliphatic heterocycles. The number of phenols is 2. The van der Waals surface area contributed by atoms with Crippen LogP contribution in [0.3, 0.4) is 0 Å². The normalized spacial score (nSPS) is 19.0. The molecule has 4 aromatic carbocycles. The molecule has 0 aromatic heterocycles. The summed E-state index contributed by atoms with van der Waals surface area (Å²) < 4.78 is 0. The molecule has 0 atom stereocenters. The van der Waals surface area contributed by atoms with Gasteiger partial charge in [0.05, 0.1) is 11.1 Å². The van der Waals surface area contributed by atoms with Crippen molar-refractivity contribution < 1.29 is 19.8 Å². The van der Waals surface area contributed by atoms with Gasteiger partial charge in [-0.2, -0.15) is 0 Å². The van der Waals surface area contributed by atoms with Gasteiger partial charge in [0, 0.05) is 23.0 Å². The van der Waals surface area contributed by atoms with Crippen LogP contribution in [-0.2, 0) is 0 Å². The van der Waals surface area contributed by atoms with Crippen LogP contribution in [0.1, 0.15) is 77.1 Å². The number of ketones is 2. The molecule has 4 aliphatic carbocycles. The summed E-state index contributed by atoms with van der Waals surface area (Å²) in [5.74, 6) is -1.50. The molecule has 32 heavy (non-hydrogen) atoms. The maximum Gasteiger partial charge on any atom is 0.198 e. The fraction of sp³-hybridized carbons (Fsp3) is 0.0714. The van der Waals surface area contributed by atoms with E-state index in [1.165, 1.54) is 34.4 Å². The molecule has 2 N–H and O–H groups in total. The van der Waals surface area contributed by atoms with Gasteiger partial charge in [-0.25, -0.2) is 0 Å². The van der Waals surface area contributed by atoms with Crippen molar-refractivity contribution in [1.82, 2.24) is 0 Å². The van der Waals surface area contributed by atoms with Crippen molar-refractivity contribution in [3.63, 3.8) is 0 Å². The van der Waals surface area contributed by atoms with E-state index in [9.17, 15) is 19.8 Å². The van der Waals surface area contributed by atoms with Crippen LogP contribution in [0.5, 0.6) is 11.5 Å². The molecular weight excluding hydrogens is 400 g/mol. The predicted octanol–water partition coefficient (Wildman–Crippen LogP) is 4.86. The minimum absolute atomic E-state index is 0.0187. The third-order valence-corrected chi connectivity index (χ3v) is 7.19. The lowest BCUT2D eigenvalue weighted by Gasteiger charge is -2.42. The van der Waals surface area contributed by atoms with Crippen LogP contribution in [0, 0.1) is 0 Å². The largest absolute Gasteiger partial charge is 0.507 e. The Hall–Kier alpha value is -4.18. The number of benzene rings is 4. The van der Waals surface area contributed by atoms with Crippen molar-refractivity contribution in [2.24, 2.45) is 0 Å². The molecule has 4 heteroatoms. The summed E-state index contributed by atoms with van der Waals surface area (Å²) in [5.41, 5.74) is 7.25. The molecule has 0 saturated carbocycles. The summed E-state index contributed by atoms with van der Waals surface area (Å²) in [6, 6.07) is 22.8. The Balaban J connectivity index is 1.54. The van der Waals surface area contributed by atoms with E-state index in [1.54, 1.807) is 0 Å². The zero-order chi connectivity index (χ0) is 21.7. The number of hydrogen-bond acceptors (Lipinski definition) is 4. The number of aromatic hydroxyl groups is 2. The fourth-order valence-electron chi connectivity index (χ4n) is 5.90. The summed E-state index contributed by atoms with van der Waals surface area (Å²) in [6.07, 6.45) is 0. The van der Waals surface area contributed by atoms with E-state index >= 15 is 0 Å². The lowest BCUT2D eigenvalue weighted by Crippen LogP contribution is -2.30. The monoisotopic (exact) mass is 416 g/mol. The van der Waals surface area contributed by atoms with Crippen LogP contribution in [0.2, 0.25) is 0 Å². The lowest BCUT2D eigenvalue weighted by molar-refractivity contribution is 0.0974. The van der Waals surface area contributed by atoms with Gasteiger partial charge >= 0.3 is 0 Å². The number of fused-ring (bicyclic) bond motifs is 2. The van der Waals surface area contributed by atoms with E-state index in [1.807, 2.05) is 36.4 Å². The summed E-state index contributed by atoms with van der Waals surface area (Å²) in [5, 5.41) is 20.6. The quantitative estimate of drug-likeness (QED) is 0.346. The van der Waals surface area contributed by atoms with Crippen LogP contribution in [0.15, 0.2) is 72.8 Å². The summed E-state index contributed by atoms with van der Waals surface area (Å²) in [4.78, 5) is 26.8.